The summed E-state index contributed by atoms with van der Waals surface area (Å²) in [5.41, 5.74) is 1.72. The number of benzene rings is 2. The van der Waals surface area contributed by atoms with E-state index >= 15 is 0 Å². The predicted octanol–water partition coefficient (Wildman–Crippen LogP) is 5.95. The molecule has 8 nitrogen and oxygen atoms in total. The van der Waals surface area contributed by atoms with Gasteiger partial charge in [-0.3, -0.25) is 14.5 Å². The van der Waals surface area contributed by atoms with Crippen molar-refractivity contribution in [3.05, 3.63) is 106 Å². The molecule has 2 aromatic carbocycles. The lowest BCUT2D eigenvalue weighted by atomic mass is 9.95. The van der Waals surface area contributed by atoms with Gasteiger partial charge in [-0.25, -0.2) is 9.78 Å². The van der Waals surface area contributed by atoms with Crippen LogP contribution in [0.5, 0.6) is 5.75 Å². The molecule has 1 atom stereocenters. The van der Waals surface area contributed by atoms with E-state index in [4.69, 9.17) is 21.1 Å². The van der Waals surface area contributed by atoms with Crippen LogP contribution in [0.25, 0.3) is 5.76 Å². The highest BCUT2D eigenvalue weighted by Crippen LogP contribution is 2.44. The zero-order valence-corrected chi connectivity index (χ0v) is 22.8. The molecule has 0 radical (unpaired) electrons. The summed E-state index contributed by atoms with van der Waals surface area (Å²) in [4.78, 5) is 45.2. The molecular weight excluding hydrogens is 540 g/mol. The fourth-order valence-electron chi connectivity index (χ4n) is 4.16. The molecule has 1 aliphatic rings. The maximum Gasteiger partial charge on any atom is 0.350 e. The highest BCUT2D eigenvalue weighted by molar-refractivity contribution is 7.17. The van der Waals surface area contributed by atoms with Gasteiger partial charge in [0.15, 0.2) is 5.13 Å². The first-order valence-electron chi connectivity index (χ1n) is 11.8. The van der Waals surface area contributed by atoms with Gasteiger partial charge in [-0.05, 0) is 55.3 Å². The standard InChI is InChI=1S/C29H25ClN2O6S/c1-5-12-37-21-11-10-19(14-16(21)3)24(33)22-23(18-8-7-9-20(30)15-18)32(27(35)25(22)34)29-31-17(4)26(39-29)28(36)38-13-6-2/h5-11,14-15,23,33H,1-2,12-13H2,3-4H3. The Morgan fingerprint density at radius 3 is 2.56 bits per heavy atom. The number of hydrogen-bond donors (Lipinski definition) is 1. The number of ketones is 1. The fraction of sp³-hybridized carbons (Fsp3) is 0.172. The lowest BCUT2D eigenvalue weighted by Gasteiger charge is -2.23. The SMILES string of the molecule is C=CCOC(=O)c1sc(N2C(=O)C(=O)C(=C(O)c3ccc(OCC=C)c(C)c3)C2c2cccc(Cl)c2)nc1C. The van der Waals surface area contributed by atoms with Crippen molar-refractivity contribution in [2.24, 2.45) is 0 Å². The molecule has 3 aromatic rings. The van der Waals surface area contributed by atoms with Crippen molar-refractivity contribution in [1.29, 1.82) is 0 Å². The molecule has 0 aliphatic carbocycles. The maximum atomic E-state index is 13.4. The average molecular weight is 565 g/mol. The summed E-state index contributed by atoms with van der Waals surface area (Å²) in [7, 11) is 0. The molecule has 1 saturated heterocycles. The van der Waals surface area contributed by atoms with Gasteiger partial charge in [0.2, 0.25) is 0 Å². The zero-order chi connectivity index (χ0) is 28.3. The fourth-order valence-corrected chi connectivity index (χ4v) is 5.35. The van der Waals surface area contributed by atoms with E-state index in [2.05, 4.69) is 18.1 Å². The minimum absolute atomic E-state index is 0.00930. The second-order valence-electron chi connectivity index (χ2n) is 8.60. The molecule has 1 fully saturated rings. The Bertz CT molecular complexity index is 1530. The molecule has 10 heteroatoms. The van der Waals surface area contributed by atoms with Gasteiger partial charge in [0.25, 0.3) is 5.78 Å². The van der Waals surface area contributed by atoms with Gasteiger partial charge in [-0.15, -0.1) is 0 Å². The zero-order valence-electron chi connectivity index (χ0n) is 21.3. The van der Waals surface area contributed by atoms with Crippen molar-refractivity contribution in [2.75, 3.05) is 18.1 Å². The molecule has 0 bridgehead atoms. The van der Waals surface area contributed by atoms with Crippen LogP contribution in [-0.4, -0.2) is 41.0 Å². The molecule has 200 valence electrons. The number of amides is 1. The summed E-state index contributed by atoms with van der Waals surface area (Å²) in [5, 5.41) is 11.9. The van der Waals surface area contributed by atoms with E-state index in [1.54, 1.807) is 62.4 Å². The van der Waals surface area contributed by atoms with Gasteiger partial charge >= 0.3 is 11.9 Å². The van der Waals surface area contributed by atoms with Crippen LogP contribution in [0.3, 0.4) is 0 Å². The number of carbonyl (C=O) groups is 3. The smallest absolute Gasteiger partial charge is 0.350 e. The first kappa shape index (κ1) is 27.8. The third kappa shape index (κ3) is 5.50. The molecule has 2 heterocycles. The van der Waals surface area contributed by atoms with E-state index < -0.39 is 23.7 Å². The number of rotatable bonds is 9. The number of halogens is 1. The molecule has 1 aliphatic heterocycles. The number of aromatic nitrogens is 1. The maximum absolute atomic E-state index is 13.4. The molecule has 1 unspecified atom stereocenters. The van der Waals surface area contributed by atoms with Crippen molar-refractivity contribution in [3.8, 4) is 5.75 Å². The van der Waals surface area contributed by atoms with Crippen LogP contribution in [0.4, 0.5) is 5.13 Å². The normalized spacial score (nSPS) is 16.3. The van der Waals surface area contributed by atoms with Crippen LogP contribution in [0.2, 0.25) is 5.02 Å². The molecule has 39 heavy (non-hydrogen) atoms. The number of esters is 1. The van der Waals surface area contributed by atoms with E-state index in [1.807, 2.05) is 0 Å². The lowest BCUT2D eigenvalue weighted by molar-refractivity contribution is -0.132. The number of carbonyl (C=O) groups excluding carboxylic acids is 3. The number of hydrogen-bond acceptors (Lipinski definition) is 8. The Hall–Kier alpha value is -4.21. The van der Waals surface area contributed by atoms with Crippen molar-refractivity contribution in [3.63, 3.8) is 0 Å². The first-order chi connectivity index (χ1) is 18.7. The van der Waals surface area contributed by atoms with Crippen LogP contribution in [0, 0.1) is 13.8 Å². The number of thiazole rings is 1. The summed E-state index contributed by atoms with van der Waals surface area (Å²) in [5.74, 6) is -2.19. The highest BCUT2D eigenvalue weighted by atomic mass is 35.5. The minimum Gasteiger partial charge on any atom is -0.507 e. The van der Waals surface area contributed by atoms with E-state index in [1.165, 1.54) is 11.0 Å². The number of nitrogens with zero attached hydrogens (tertiary/aromatic N) is 2. The quantitative estimate of drug-likeness (QED) is 0.113. The summed E-state index contributed by atoms with van der Waals surface area (Å²) < 4.78 is 10.7. The van der Waals surface area contributed by atoms with Gasteiger partial charge in [0.05, 0.1) is 17.3 Å². The molecule has 1 amide bonds. The molecule has 0 spiro atoms. The van der Waals surface area contributed by atoms with Crippen LogP contribution in [0.1, 0.15) is 38.1 Å². The third-order valence-corrected chi connectivity index (χ3v) is 7.29. The van der Waals surface area contributed by atoms with Crippen molar-refractivity contribution in [2.45, 2.75) is 19.9 Å². The number of anilines is 1. The van der Waals surface area contributed by atoms with Crippen molar-refractivity contribution in [1.82, 2.24) is 4.98 Å². The summed E-state index contributed by atoms with van der Waals surface area (Å²) in [6.45, 7) is 10.9. The third-order valence-electron chi connectivity index (χ3n) is 5.92. The summed E-state index contributed by atoms with van der Waals surface area (Å²) >= 11 is 7.18. The van der Waals surface area contributed by atoms with Gasteiger partial charge in [0, 0.05) is 10.6 Å². The Balaban J connectivity index is 1.86. The number of aliphatic hydroxyl groups excluding tert-OH is 1. The van der Waals surface area contributed by atoms with Gasteiger partial charge < -0.3 is 14.6 Å². The van der Waals surface area contributed by atoms with E-state index in [9.17, 15) is 19.5 Å². The van der Waals surface area contributed by atoms with Gasteiger partial charge in [0.1, 0.15) is 29.6 Å². The highest BCUT2D eigenvalue weighted by Gasteiger charge is 2.48. The minimum atomic E-state index is -1.05. The molecule has 0 saturated carbocycles. The second-order valence-corrected chi connectivity index (χ2v) is 10.0. The monoisotopic (exact) mass is 564 g/mol. The Kier molecular flexibility index (Phi) is 8.32. The lowest BCUT2D eigenvalue weighted by Crippen LogP contribution is -2.29. The van der Waals surface area contributed by atoms with Crippen LogP contribution in [0.15, 0.2) is 73.3 Å². The van der Waals surface area contributed by atoms with Crippen LogP contribution >= 0.6 is 22.9 Å². The summed E-state index contributed by atoms with van der Waals surface area (Å²) in [6, 6.07) is 10.5. The average Bonchev–Trinajstić information content (AvgIpc) is 3.42. The summed E-state index contributed by atoms with van der Waals surface area (Å²) in [6.07, 6.45) is 3.05. The largest absolute Gasteiger partial charge is 0.507 e. The molecular formula is C29H25ClN2O6S. The first-order valence-corrected chi connectivity index (χ1v) is 13.0. The number of aryl methyl sites for hydroxylation is 2. The number of aliphatic hydroxyl groups is 1. The second kappa shape index (κ2) is 11.7. The molecule has 1 N–H and O–H groups in total. The predicted molar refractivity (Wildman–Crippen MR) is 150 cm³/mol. The van der Waals surface area contributed by atoms with E-state index in [0.717, 1.165) is 11.3 Å². The number of ether oxygens (including phenoxy) is 2. The Morgan fingerprint density at radius 1 is 1.15 bits per heavy atom. The van der Waals surface area contributed by atoms with Gasteiger partial charge in [-0.2, -0.15) is 0 Å². The Morgan fingerprint density at radius 2 is 1.90 bits per heavy atom. The van der Waals surface area contributed by atoms with E-state index in [0.29, 0.717) is 39.8 Å². The number of Topliss-reactive ketones (excluding diaryl/α,β-unsaturated/α-hetero) is 1. The van der Waals surface area contributed by atoms with Crippen molar-refractivity contribution >= 4 is 51.5 Å². The van der Waals surface area contributed by atoms with Crippen LogP contribution < -0.4 is 9.64 Å². The van der Waals surface area contributed by atoms with E-state index in [-0.39, 0.29) is 27.9 Å². The topological polar surface area (TPSA) is 106 Å². The van der Waals surface area contributed by atoms with Crippen molar-refractivity contribution < 1.29 is 29.0 Å². The molecule has 4 rings (SSSR count). The molecule has 1 aromatic heterocycles. The Labute approximate surface area is 234 Å². The van der Waals surface area contributed by atoms with Gasteiger partial charge in [-0.1, -0.05) is 60.4 Å². The van der Waals surface area contributed by atoms with Crippen LogP contribution in [-0.2, 0) is 14.3 Å².